The Labute approximate surface area is 311 Å². The number of pyridine rings is 2. The number of rotatable bonds is 13. The molecule has 0 saturated carbocycles. The molecule has 7 rings (SSSR count). The van der Waals surface area contributed by atoms with Crippen LogP contribution >= 0.6 is 0 Å². The van der Waals surface area contributed by atoms with Crippen molar-refractivity contribution in [3.8, 4) is 5.75 Å². The molecule has 0 aliphatic carbocycles. The van der Waals surface area contributed by atoms with Crippen LogP contribution in [0, 0.1) is 0 Å². The van der Waals surface area contributed by atoms with E-state index in [9.17, 15) is 16.8 Å². The van der Waals surface area contributed by atoms with Gasteiger partial charge in [0.2, 0.25) is 10.0 Å². The molecule has 0 radical (unpaired) electrons. The number of likely N-dealkylation sites (N-methyl/N-ethyl adjacent to an activating group) is 1. The summed E-state index contributed by atoms with van der Waals surface area (Å²) in [5.41, 5.74) is 2.14. The number of hydrogen-bond donors (Lipinski definition) is 0. The monoisotopic (exact) mass is 749 g/mol. The fourth-order valence-corrected chi connectivity index (χ4v) is 9.97. The van der Waals surface area contributed by atoms with Gasteiger partial charge in [0.1, 0.15) is 10.6 Å². The number of piperidine rings is 1. The van der Waals surface area contributed by atoms with Crippen LogP contribution in [-0.4, -0.2) is 86.7 Å². The number of benzene rings is 4. The molecule has 1 unspecified atom stereocenters. The van der Waals surface area contributed by atoms with Gasteiger partial charge in [0.15, 0.2) is 0 Å². The van der Waals surface area contributed by atoms with Gasteiger partial charge >= 0.3 is 10.1 Å². The SMILES string of the molecule is CN(Cc1ccccc1)C1CCN(CC(Cc2ccc(OS(=O)(=O)c3cccc4cnccc34)cc2)N(C)S(=O)(=O)c2cccc3cnccc23)CC1. The maximum absolute atomic E-state index is 14.4. The normalized spacial score (nSPS) is 15.3. The third-order valence-corrected chi connectivity index (χ3v) is 13.5. The molecular formula is C41H43N5O5S2. The van der Waals surface area contributed by atoms with E-state index in [2.05, 4.69) is 51.1 Å². The summed E-state index contributed by atoms with van der Waals surface area (Å²) in [5.74, 6) is 0.170. The molecule has 3 heterocycles. The maximum atomic E-state index is 14.4. The lowest BCUT2D eigenvalue weighted by molar-refractivity contribution is 0.109. The molecule has 1 aliphatic heterocycles. The van der Waals surface area contributed by atoms with Crippen molar-refractivity contribution >= 4 is 41.7 Å². The number of hydrogen-bond acceptors (Lipinski definition) is 9. The van der Waals surface area contributed by atoms with E-state index in [1.165, 1.54) is 15.9 Å². The maximum Gasteiger partial charge on any atom is 0.339 e. The summed E-state index contributed by atoms with van der Waals surface area (Å²) in [6.07, 6.45) is 8.83. The van der Waals surface area contributed by atoms with Gasteiger partial charge in [0.25, 0.3) is 0 Å². The fraction of sp³-hybridized carbons (Fsp3) is 0.268. The highest BCUT2D eigenvalue weighted by molar-refractivity contribution is 7.89. The number of nitrogens with zero attached hydrogens (tertiary/aromatic N) is 5. The van der Waals surface area contributed by atoms with Gasteiger partial charge in [-0.15, -0.1) is 0 Å². The van der Waals surface area contributed by atoms with Gasteiger partial charge in [-0.05, 0) is 86.9 Å². The van der Waals surface area contributed by atoms with Crippen molar-refractivity contribution in [2.24, 2.45) is 0 Å². The Balaban J connectivity index is 1.10. The van der Waals surface area contributed by atoms with Gasteiger partial charge in [0.05, 0.1) is 4.90 Å². The summed E-state index contributed by atoms with van der Waals surface area (Å²) in [6.45, 7) is 3.13. The van der Waals surface area contributed by atoms with E-state index in [1.807, 2.05) is 12.1 Å². The van der Waals surface area contributed by atoms with Crippen LogP contribution in [-0.2, 0) is 33.1 Å². The zero-order valence-corrected chi connectivity index (χ0v) is 31.5. The second-order valence-corrected chi connectivity index (χ2v) is 17.2. The molecule has 0 N–H and O–H groups in total. The second kappa shape index (κ2) is 15.7. The van der Waals surface area contributed by atoms with Crippen molar-refractivity contribution in [2.45, 2.75) is 47.7 Å². The van der Waals surface area contributed by atoms with Crippen molar-refractivity contribution < 1.29 is 21.0 Å². The van der Waals surface area contributed by atoms with Gasteiger partial charge in [-0.2, -0.15) is 12.7 Å². The highest BCUT2D eigenvalue weighted by atomic mass is 32.2. The summed E-state index contributed by atoms with van der Waals surface area (Å²) in [4.78, 5) is 13.3. The average Bonchev–Trinajstić information content (AvgIpc) is 3.18. The smallest absolute Gasteiger partial charge is 0.339 e. The summed E-state index contributed by atoms with van der Waals surface area (Å²) in [5, 5.41) is 2.60. The fourth-order valence-electron chi connectivity index (χ4n) is 7.25. The lowest BCUT2D eigenvalue weighted by atomic mass is 10.0. The molecule has 1 fully saturated rings. The van der Waals surface area contributed by atoms with Crippen molar-refractivity contribution in [2.75, 3.05) is 33.7 Å². The van der Waals surface area contributed by atoms with E-state index in [1.54, 1.807) is 92.5 Å². The third kappa shape index (κ3) is 8.27. The largest absolute Gasteiger partial charge is 0.379 e. The quantitative estimate of drug-likeness (QED) is 0.124. The van der Waals surface area contributed by atoms with Crippen LogP contribution < -0.4 is 4.18 Å². The highest BCUT2D eigenvalue weighted by Crippen LogP contribution is 2.29. The van der Waals surface area contributed by atoms with Crippen molar-refractivity contribution in [1.82, 2.24) is 24.1 Å². The van der Waals surface area contributed by atoms with Gasteiger partial charge in [-0.1, -0.05) is 66.7 Å². The van der Waals surface area contributed by atoms with Crippen LogP contribution in [0.25, 0.3) is 21.5 Å². The van der Waals surface area contributed by atoms with Gasteiger partial charge in [-0.3, -0.25) is 14.9 Å². The van der Waals surface area contributed by atoms with Crippen molar-refractivity contribution in [1.29, 1.82) is 0 Å². The molecule has 0 amide bonds. The van der Waals surface area contributed by atoms with E-state index in [4.69, 9.17) is 4.18 Å². The Morgan fingerprint density at radius 1 is 0.717 bits per heavy atom. The minimum absolute atomic E-state index is 0.0626. The predicted molar refractivity (Wildman–Crippen MR) is 208 cm³/mol. The molecule has 4 aromatic carbocycles. The molecular weight excluding hydrogens is 707 g/mol. The van der Waals surface area contributed by atoms with Crippen molar-refractivity contribution in [3.05, 3.63) is 139 Å². The average molecular weight is 750 g/mol. The van der Waals surface area contributed by atoms with E-state index in [0.29, 0.717) is 35.2 Å². The minimum Gasteiger partial charge on any atom is -0.379 e. The number of sulfonamides is 1. The molecule has 274 valence electrons. The van der Waals surface area contributed by atoms with E-state index in [-0.39, 0.29) is 15.5 Å². The topological polar surface area (TPSA) is 113 Å². The molecule has 1 atom stereocenters. The van der Waals surface area contributed by atoms with E-state index < -0.39 is 26.2 Å². The molecule has 6 aromatic rings. The van der Waals surface area contributed by atoms with Crippen LogP contribution in [0.4, 0.5) is 0 Å². The highest BCUT2D eigenvalue weighted by Gasteiger charge is 2.32. The molecule has 2 aromatic heterocycles. The first-order valence-corrected chi connectivity index (χ1v) is 20.6. The first-order valence-electron chi connectivity index (χ1n) is 17.7. The predicted octanol–water partition coefficient (Wildman–Crippen LogP) is 6.38. The Kier molecular flexibility index (Phi) is 10.9. The Bertz CT molecular complexity index is 2390. The minimum atomic E-state index is -4.13. The zero-order valence-electron chi connectivity index (χ0n) is 29.8. The molecule has 1 saturated heterocycles. The van der Waals surface area contributed by atoms with Crippen LogP contribution in [0.3, 0.4) is 0 Å². The van der Waals surface area contributed by atoms with Crippen LogP contribution in [0.2, 0.25) is 0 Å². The standard InChI is InChI=1S/C41H43N5O5S2/c1-44(29-32-8-4-3-5-9-32)35-20-24-46(25-21-35)30-36(45(2)52(47,48)40-12-6-10-33-27-42-22-18-38(33)40)26-31-14-16-37(17-15-31)51-53(49,50)41-13-7-11-34-28-43-23-19-39(34)41/h3-19,22-23,27-28,35-36H,20-21,24-26,29-30H2,1-2H3. The zero-order chi connectivity index (χ0) is 37.0. The van der Waals surface area contributed by atoms with Crippen molar-refractivity contribution in [3.63, 3.8) is 0 Å². The Morgan fingerprint density at radius 2 is 1.32 bits per heavy atom. The van der Waals surface area contributed by atoms with E-state index in [0.717, 1.165) is 43.4 Å². The first kappa shape index (κ1) is 36.6. The van der Waals surface area contributed by atoms with Crippen LogP contribution in [0.5, 0.6) is 5.75 Å². The summed E-state index contributed by atoms with van der Waals surface area (Å²) in [6, 6.07) is 31.0. The Morgan fingerprint density at radius 3 is 1.96 bits per heavy atom. The van der Waals surface area contributed by atoms with Gasteiger partial charge < -0.3 is 9.08 Å². The first-order chi connectivity index (χ1) is 25.6. The molecule has 0 spiro atoms. The summed E-state index contributed by atoms with van der Waals surface area (Å²) in [7, 11) is -4.22. The number of likely N-dealkylation sites (tertiary alicyclic amines) is 1. The molecule has 1 aliphatic rings. The lowest BCUT2D eigenvalue weighted by Crippen LogP contribution is -2.50. The Hall–Kier alpha value is -4.72. The molecule has 53 heavy (non-hydrogen) atoms. The summed E-state index contributed by atoms with van der Waals surface area (Å²) < 4.78 is 62.5. The summed E-state index contributed by atoms with van der Waals surface area (Å²) >= 11 is 0. The number of aromatic nitrogens is 2. The van der Waals surface area contributed by atoms with E-state index >= 15 is 0 Å². The second-order valence-electron chi connectivity index (χ2n) is 13.7. The molecule has 0 bridgehead atoms. The van der Waals surface area contributed by atoms with Gasteiger partial charge in [-0.25, -0.2) is 8.42 Å². The molecule has 10 nitrogen and oxygen atoms in total. The van der Waals surface area contributed by atoms with Crippen LogP contribution in [0.15, 0.2) is 138 Å². The third-order valence-electron chi connectivity index (χ3n) is 10.2. The number of fused-ring (bicyclic) bond motifs is 2. The van der Waals surface area contributed by atoms with Crippen LogP contribution in [0.1, 0.15) is 24.0 Å². The lowest BCUT2D eigenvalue weighted by Gasteiger charge is -2.39. The van der Waals surface area contributed by atoms with Gasteiger partial charge in [0, 0.05) is 78.6 Å². The molecule has 12 heteroatoms.